The number of carbonyl (C=O) groups is 3. The first-order valence-corrected chi connectivity index (χ1v) is 36.3. The van der Waals surface area contributed by atoms with Crippen LogP contribution in [-0.4, -0.2) is 37.2 Å². The predicted molar refractivity (Wildman–Crippen MR) is 358 cm³/mol. The maximum atomic E-state index is 13.0. The van der Waals surface area contributed by atoms with E-state index >= 15 is 0 Å². The van der Waals surface area contributed by atoms with Gasteiger partial charge in [-0.05, 0) is 83.5 Å². The first kappa shape index (κ1) is 79.1. The zero-order chi connectivity index (χ0) is 59.2. The van der Waals surface area contributed by atoms with E-state index < -0.39 is 6.10 Å². The molecule has 0 aliphatic carbocycles. The second-order valence-corrected chi connectivity index (χ2v) is 24.5. The molecule has 0 amide bonds. The van der Waals surface area contributed by atoms with Gasteiger partial charge in [0.1, 0.15) is 13.2 Å². The fourth-order valence-corrected chi connectivity index (χ4v) is 10.8. The number of unbranched alkanes of at least 4 members (excludes halogenated alkanes) is 46. The first-order chi connectivity index (χ1) is 40.5. The second kappa shape index (κ2) is 70.6. The van der Waals surface area contributed by atoms with Gasteiger partial charge in [0.05, 0.1) is 0 Å². The molecule has 1 unspecified atom stereocenters. The van der Waals surface area contributed by atoms with Crippen LogP contribution in [0.1, 0.15) is 387 Å². The molecule has 0 saturated heterocycles. The van der Waals surface area contributed by atoms with Crippen LogP contribution in [0.3, 0.4) is 0 Å². The summed E-state index contributed by atoms with van der Waals surface area (Å²) in [7, 11) is 0. The molecule has 0 aromatic carbocycles. The molecule has 82 heavy (non-hydrogen) atoms. The number of hydrogen-bond donors (Lipinski definition) is 0. The van der Waals surface area contributed by atoms with Crippen LogP contribution in [0, 0.1) is 0 Å². The van der Waals surface area contributed by atoms with Crippen LogP contribution in [0.2, 0.25) is 0 Å². The van der Waals surface area contributed by atoms with E-state index in [0.29, 0.717) is 19.3 Å². The molecular weight excluding hydrogens is 1010 g/mol. The Morgan fingerprint density at radius 3 is 0.756 bits per heavy atom. The van der Waals surface area contributed by atoms with Gasteiger partial charge >= 0.3 is 17.9 Å². The van der Waals surface area contributed by atoms with Gasteiger partial charge in [0, 0.05) is 19.3 Å². The minimum Gasteiger partial charge on any atom is -0.462 e. The number of esters is 3. The van der Waals surface area contributed by atoms with Crippen molar-refractivity contribution in [3.63, 3.8) is 0 Å². The van der Waals surface area contributed by atoms with Crippen LogP contribution in [0.5, 0.6) is 0 Å². The van der Waals surface area contributed by atoms with Crippen molar-refractivity contribution in [3.05, 3.63) is 60.8 Å². The third-order valence-corrected chi connectivity index (χ3v) is 16.3. The van der Waals surface area contributed by atoms with E-state index in [1.807, 2.05) is 0 Å². The van der Waals surface area contributed by atoms with Crippen molar-refractivity contribution < 1.29 is 28.6 Å². The molecule has 478 valence electrons. The smallest absolute Gasteiger partial charge is 0.306 e. The minimum atomic E-state index is -0.780. The lowest BCUT2D eigenvalue weighted by Gasteiger charge is -2.18. The van der Waals surface area contributed by atoms with E-state index in [9.17, 15) is 14.4 Å². The van der Waals surface area contributed by atoms with Gasteiger partial charge in [-0.1, -0.05) is 345 Å². The summed E-state index contributed by atoms with van der Waals surface area (Å²) in [5, 5.41) is 0. The van der Waals surface area contributed by atoms with Crippen LogP contribution in [0.15, 0.2) is 60.8 Å². The maximum absolute atomic E-state index is 13.0. The average molecular weight is 1150 g/mol. The lowest BCUT2D eigenvalue weighted by molar-refractivity contribution is -0.167. The Morgan fingerprint density at radius 1 is 0.256 bits per heavy atom. The average Bonchev–Trinajstić information content (AvgIpc) is 3.47. The minimum absolute atomic E-state index is 0.0742. The molecule has 6 heteroatoms. The lowest BCUT2D eigenvalue weighted by atomic mass is 10.0. The Bertz CT molecular complexity index is 1460. The third kappa shape index (κ3) is 67.9. The molecule has 0 radical (unpaired) electrons. The SMILES string of the molecule is CC/C=C\C/C=C\C/C=C\C/C=C\CCCCCCCCCCCCC(=O)OC(COC(=O)CCCCCCC/C=C\CCCCCCCCC)COC(=O)CCCCCCCCCCCCCCCCCCCCCCCCCCC. The molecule has 0 N–H and O–H groups in total. The zero-order valence-corrected chi connectivity index (χ0v) is 55.0. The zero-order valence-electron chi connectivity index (χ0n) is 55.0. The Kier molecular flexibility index (Phi) is 68.1. The summed E-state index contributed by atoms with van der Waals surface area (Å²) in [6.45, 7) is 6.59. The fourth-order valence-electron chi connectivity index (χ4n) is 10.8. The van der Waals surface area contributed by atoms with Crippen molar-refractivity contribution in [1.29, 1.82) is 0 Å². The van der Waals surface area contributed by atoms with E-state index in [2.05, 4.69) is 81.5 Å². The van der Waals surface area contributed by atoms with E-state index in [-0.39, 0.29) is 31.1 Å². The van der Waals surface area contributed by atoms with Crippen LogP contribution in [0.4, 0.5) is 0 Å². The van der Waals surface area contributed by atoms with Gasteiger partial charge in [-0.15, -0.1) is 0 Å². The maximum Gasteiger partial charge on any atom is 0.306 e. The van der Waals surface area contributed by atoms with Crippen molar-refractivity contribution in [2.24, 2.45) is 0 Å². The molecule has 0 bridgehead atoms. The number of carbonyl (C=O) groups excluding carboxylic acids is 3. The standard InChI is InChI=1S/C76H138O6/c1-4-7-10-13-16-19-22-25-28-31-33-35-37-38-40-41-43-45-48-51-54-57-60-63-66-69-75(78)81-72-73(71-80-74(77)68-65-62-59-56-53-50-47-30-27-24-21-18-15-12-9-6-3)82-76(79)70-67-64-61-58-55-52-49-46-44-42-39-36-34-32-29-26-23-20-17-14-11-8-5-2/h8,11,17,20,26,29-30,34,36,47,73H,4-7,9-10,12-16,18-19,21-25,27-28,31-33,35,37-46,48-72H2,1-3H3/b11-8-,20-17-,29-26-,36-34-,47-30-. The normalized spacial score (nSPS) is 12.4. The summed E-state index contributed by atoms with van der Waals surface area (Å²) in [5.41, 5.74) is 0. The van der Waals surface area contributed by atoms with Crippen LogP contribution in [0.25, 0.3) is 0 Å². The largest absolute Gasteiger partial charge is 0.462 e. The molecule has 6 nitrogen and oxygen atoms in total. The lowest BCUT2D eigenvalue weighted by Crippen LogP contribution is -2.30. The highest BCUT2D eigenvalue weighted by Crippen LogP contribution is 2.18. The highest BCUT2D eigenvalue weighted by molar-refractivity contribution is 5.71. The fraction of sp³-hybridized carbons (Fsp3) is 0.829. The Balaban J connectivity index is 4.30. The Hall–Kier alpha value is -2.89. The summed E-state index contributed by atoms with van der Waals surface area (Å²) < 4.78 is 17.0. The third-order valence-electron chi connectivity index (χ3n) is 16.3. The second-order valence-electron chi connectivity index (χ2n) is 24.5. The summed E-state index contributed by atoms with van der Waals surface area (Å²) in [6, 6.07) is 0. The summed E-state index contributed by atoms with van der Waals surface area (Å²) in [4.78, 5) is 38.5. The van der Waals surface area contributed by atoms with Crippen molar-refractivity contribution in [3.8, 4) is 0 Å². The van der Waals surface area contributed by atoms with Crippen molar-refractivity contribution in [1.82, 2.24) is 0 Å². The first-order valence-electron chi connectivity index (χ1n) is 36.3. The topological polar surface area (TPSA) is 78.9 Å². The van der Waals surface area contributed by atoms with Gasteiger partial charge in [0.2, 0.25) is 0 Å². The molecular formula is C76H138O6. The molecule has 0 fully saturated rings. The molecule has 0 heterocycles. The van der Waals surface area contributed by atoms with Gasteiger partial charge < -0.3 is 14.2 Å². The van der Waals surface area contributed by atoms with E-state index in [0.717, 1.165) is 89.9 Å². The van der Waals surface area contributed by atoms with Gasteiger partial charge in [-0.25, -0.2) is 0 Å². The monoisotopic (exact) mass is 1150 g/mol. The van der Waals surface area contributed by atoms with Crippen LogP contribution >= 0.6 is 0 Å². The van der Waals surface area contributed by atoms with Gasteiger partial charge in [0.15, 0.2) is 6.10 Å². The van der Waals surface area contributed by atoms with Crippen LogP contribution < -0.4 is 0 Å². The molecule has 0 rings (SSSR count). The highest BCUT2D eigenvalue weighted by Gasteiger charge is 2.19. The van der Waals surface area contributed by atoms with Crippen molar-refractivity contribution >= 4 is 17.9 Å². The van der Waals surface area contributed by atoms with E-state index in [4.69, 9.17) is 14.2 Å². The molecule has 1 atom stereocenters. The molecule has 0 spiro atoms. The quantitative estimate of drug-likeness (QED) is 0.0261. The highest BCUT2D eigenvalue weighted by atomic mass is 16.6. The van der Waals surface area contributed by atoms with Crippen molar-refractivity contribution in [2.75, 3.05) is 13.2 Å². The van der Waals surface area contributed by atoms with E-state index in [1.54, 1.807) is 0 Å². The summed E-state index contributed by atoms with van der Waals surface area (Å²) in [5.74, 6) is -0.861. The van der Waals surface area contributed by atoms with Crippen LogP contribution in [-0.2, 0) is 28.6 Å². The van der Waals surface area contributed by atoms with Gasteiger partial charge in [-0.3, -0.25) is 14.4 Å². The number of hydrogen-bond acceptors (Lipinski definition) is 6. The number of ether oxygens (including phenoxy) is 3. The molecule has 0 aliphatic rings. The summed E-state index contributed by atoms with van der Waals surface area (Å²) in [6.07, 6.45) is 91.1. The number of rotatable bonds is 67. The summed E-state index contributed by atoms with van der Waals surface area (Å²) >= 11 is 0. The Labute approximate surface area is 510 Å². The van der Waals surface area contributed by atoms with Gasteiger partial charge in [0.25, 0.3) is 0 Å². The Morgan fingerprint density at radius 2 is 0.476 bits per heavy atom. The molecule has 0 aliphatic heterocycles. The predicted octanol–water partition coefficient (Wildman–Crippen LogP) is 25.1. The molecule has 0 saturated carbocycles. The number of allylic oxidation sites excluding steroid dienone is 10. The van der Waals surface area contributed by atoms with Gasteiger partial charge in [-0.2, -0.15) is 0 Å². The molecule has 0 aromatic heterocycles. The van der Waals surface area contributed by atoms with Crippen molar-refractivity contribution in [2.45, 2.75) is 393 Å². The van der Waals surface area contributed by atoms with E-state index in [1.165, 1.54) is 257 Å². The molecule has 0 aromatic rings.